The Hall–Kier alpha value is -2.37. The van der Waals surface area contributed by atoms with Gasteiger partial charge in [0.1, 0.15) is 5.75 Å². The van der Waals surface area contributed by atoms with Crippen LogP contribution in [-0.2, 0) is 6.61 Å². The van der Waals surface area contributed by atoms with E-state index in [2.05, 4.69) is 29.3 Å². The van der Waals surface area contributed by atoms with Crippen LogP contribution in [0.15, 0.2) is 28.8 Å². The topological polar surface area (TPSA) is 77.2 Å². The number of aryl methyl sites for hydroxylation is 1. The van der Waals surface area contributed by atoms with Crippen LogP contribution in [0.2, 0.25) is 0 Å². The van der Waals surface area contributed by atoms with Crippen LogP contribution in [0, 0.1) is 6.92 Å². The lowest BCUT2D eigenvalue weighted by atomic mass is 10.1. The van der Waals surface area contributed by atoms with Gasteiger partial charge in [0.05, 0.1) is 0 Å². The van der Waals surface area contributed by atoms with E-state index in [-0.39, 0.29) is 18.6 Å². The van der Waals surface area contributed by atoms with Crippen LogP contribution >= 0.6 is 0 Å². The second-order valence-electron chi connectivity index (χ2n) is 5.03. The van der Waals surface area contributed by atoms with Crippen LogP contribution < -0.4 is 10.1 Å². The lowest BCUT2D eigenvalue weighted by Crippen LogP contribution is -2.33. The molecule has 1 aromatic heterocycles. The molecule has 2 rings (SSSR count). The molecule has 118 valence electrons. The number of rotatable bonds is 7. The zero-order chi connectivity index (χ0) is 15.9. The van der Waals surface area contributed by atoms with E-state index in [1.165, 1.54) is 0 Å². The van der Waals surface area contributed by atoms with Crippen molar-refractivity contribution in [1.82, 2.24) is 15.5 Å². The molecule has 22 heavy (non-hydrogen) atoms. The molecule has 0 spiro atoms. The Kier molecular flexibility index (Phi) is 5.52. The van der Waals surface area contributed by atoms with E-state index in [4.69, 9.17) is 9.26 Å². The molecule has 0 fully saturated rings. The van der Waals surface area contributed by atoms with E-state index < -0.39 is 0 Å². The average molecular weight is 303 g/mol. The summed E-state index contributed by atoms with van der Waals surface area (Å²) >= 11 is 0. The number of nitrogens with zero attached hydrogens (tertiary/aromatic N) is 2. The Morgan fingerprint density at radius 3 is 2.50 bits per heavy atom. The Bertz CT molecular complexity index is 603. The molecule has 1 heterocycles. The SMILES string of the molecule is CCC(CC)NC(=O)c1ccc(OCc2noc(C)n2)cc1. The standard InChI is InChI=1S/C16H21N3O3/c1-4-13(5-2)18-16(20)12-6-8-14(9-7-12)21-10-15-17-11(3)22-19-15/h6-9,13H,4-5,10H2,1-3H3,(H,18,20). The van der Waals surface area contributed by atoms with Crippen LogP contribution in [0.3, 0.4) is 0 Å². The van der Waals surface area contributed by atoms with Crippen LogP contribution in [0.25, 0.3) is 0 Å². The van der Waals surface area contributed by atoms with E-state index in [0.717, 1.165) is 12.8 Å². The highest BCUT2D eigenvalue weighted by atomic mass is 16.5. The third kappa shape index (κ3) is 4.31. The summed E-state index contributed by atoms with van der Waals surface area (Å²) in [5.74, 6) is 1.59. The normalized spacial score (nSPS) is 10.7. The van der Waals surface area contributed by atoms with Crippen molar-refractivity contribution in [2.45, 2.75) is 46.3 Å². The Balaban J connectivity index is 1.90. The van der Waals surface area contributed by atoms with Gasteiger partial charge >= 0.3 is 0 Å². The first-order valence-corrected chi connectivity index (χ1v) is 7.45. The fraction of sp³-hybridized carbons (Fsp3) is 0.438. The third-order valence-electron chi connectivity index (χ3n) is 3.37. The fourth-order valence-electron chi connectivity index (χ4n) is 2.01. The van der Waals surface area contributed by atoms with Crippen molar-refractivity contribution in [2.24, 2.45) is 0 Å². The van der Waals surface area contributed by atoms with E-state index in [9.17, 15) is 4.79 Å². The molecule has 0 aliphatic rings. The van der Waals surface area contributed by atoms with Gasteiger partial charge in [0.15, 0.2) is 6.61 Å². The largest absolute Gasteiger partial charge is 0.485 e. The minimum absolute atomic E-state index is 0.0611. The quantitative estimate of drug-likeness (QED) is 0.851. The summed E-state index contributed by atoms with van der Waals surface area (Å²) in [5, 5.41) is 6.75. The van der Waals surface area contributed by atoms with Crippen molar-refractivity contribution in [2.75, 3.05) is 0 Å². The van der Waals surface area contributed by atoms with E-state index in [1.807, 2.05) is 0 Å². The average Bonchev–Trinajstić information content (AvgIpc) is 2.96. The number of hydrogen-bond acceptors (Lipinski definition) is 5. The zero-order valence-corrected chi connectivity index (χ0v) is 13.1. The predicted molar refractivity (Wildman–Crippen MR) is 81.6 cm³/mol. The van der Waals surface area contributed by atoms with Crippen LogP contribution in [-0.4, -0.2) is 22.1 Å². The molecular formula is C16H21N3O3. The number of ether oxygens (including phenoxy) is 1. The van der Waals surface area contributed by atoms with E-state index >= 15 is 0 Å². The number of benzene rings is 1. The Morgan fingerprint density at radius 2 is 1.95 bits per heavy atom. The molecule has 0 aliphatic heterocycles. The van der Waals surface area contributed by atoms with Gasteiger partial charge in [0.2, 0.25) is 11.7 Å². The van der Waals surface area contributed by atoms with Gasteiger partial charge in [0.25, 0.3) is 5.91 Å². The molecule has 0 atom stereocenters. The van der Waals surface area contributed by atoms with E-state index in [0.29, 0.717) is 23.0 Å². The first-order chi connectivity index (χ1) is 10.6. The van der Waals surface area contributed by atoms with Gasteiger partial charge in [-0.1, -0.05) is 19.0 Å². The van der Waals surface area contributed by atoms with Crippen molar-refractivity contribution in [1.29, 1.82) is 0 Å². The molecule has 1 amide bonds. The second kappa shape index (κ2) is 7.59. The minimum Gasteiger partial charge on any atom is -0.485 e. The highest BCUT2D eigenvalue weighted by molar-refractivity contribution is 5.94. The highest BCUT2D eigenvalue weighted by Crippen LogP contribution is 2.14. The lowest BCUT2D eigenvalue weighted by molar-refractivity contribution is 0.0935. The molecular weight excluding hydrogens is 282 g/mol. The van der Waals surface area contributed by atoms with Gasteiger partial charge < -0.3 is 14.6 Å². The molecule has 0 bridgehead atoms. The van der Waals surface area contributed by atoms with Crippen molar-refractivity contribution in [3.05, 3.63) is 41.5 Å². The summed E-state index contributed by atoms with van der Waals surface area (Å²) in [7, 11) is 0. The lowest BCUT2D eigenvalue weighted by Gasteiger charge is -2.14. The number of amides is 1. The highest BCUT2D eigenvalue weighted by Gasteiger charge is 2.10. The number of carbonyl (C=O) groups excluding carboxylic acids is 1. The Labute approximate surface area is 129 Å². The fourth-order valence-corrected chi connectivity index (χ4v) is 2.01. The summed E-state index contributed by atoms with van der Waals surface area (Å²) < 4.78 is 10.4. The molecule has 1 aromatic carbocycles. The molecule has 0 saturated heterocycles. The van der Waals surface area contributed by atoms with Crippen molar-refractivity contribution in [3.8, 4) is 5.75 Å². The van der Waals surface area contributed by atoms with Crippen molar-refractivity contribution >= 4 is 5.91 Å². The molecule has 6 heteroatoms. The van der Waals surface area contributed by atoms with Crippen LogP contribution in [0.5, 0.6) is 5.75 Å². The molecule has 1 N–H and O–H groups in total. The summed E-state index contributed by atoms with van der Waals surface area (Å²) in [4.78, 5) is 16.1. The van der Waals surface area contributed by atoms with Gasteiger partial charge in [-0.25, -0.2) is 0 Å². The monoisotopic (exact) mass is 303 g/mol. The maximum absolute atomic E-state index is 12.1. The predicted octanol–water partition coefficient (Wildman–Crippen LogP) is 2.88. The second-order valence-corrected chi connectivity index (χ2v) is 5.03. The van der Waals surface area contributed by atoms with Gasteiger partial charge in [-0.15, -0.1) is 0 Å². The van der Waals surface area contributed by atoms with Gasteiger partial charge in [0, 0.05) is 18.5 Å². The number of aromatic nitrogens is 2. The zero-order valence-electron chi connectivity index (χ0n) is 13.1. The number of carbonyl (C=O) groups is 1. The molecule has 0 radical (unpaired) electrons. The molecule has 0 aliphatic carbocycles. The third-order valence-corrected chi connectivity index (χ3v) is 3.37. The smallest absolute Gasteiger partial charge is 0.251 e. The van der Waals surface area contributed by atoms with Gasteiger partial charge in [-0.3, -0.25) is 4.79 Å². The van der Waals surface area contributed by atoms with E-state index in [1.54, 1.807) is 31.2 Å². The summed E-state index contributed by atoms with van der Waals surface area (Å²) in [5.41, 5.74) is 0.620. The molecule has 0 saturated carbocycles. The first-order valence-electron chi connectivity index (χ1n) is 7.45. The number of nitrogens with one attached hydrogen (secondary N) is 1. The summed E-state index contributed by atoms with van der Waals surface area (Å²) in [6.07, 6.45) is 1.85. The van der Waals surface area contributed by atoms with Crippen molar-refractivity contribution in [3.63, 3.8) is 0 Å². The van der Waals surface area contributed by atoms with Gasteiger partial charge in [-0.2, -0.15) is 4.98 Å². The van der Waals surface area contributed by atoms with Crippen molar-refractivity contribution < 1.29 is 14.1 Å². The van der Waals surface area contributed by atoms with Crippen LogP contribution in [0.1, 0.15) is 48.8 Å². The molecule has 6 nitrogen and oxygen atoms in total. The summed E-state index contributed by atoms with van der Waals surface area (Å²) in [6, 6.07) is 7.22. The molecule has 2 aromatic rings. The Morgan fingerprint density at radius 1 is 1.27 bits per heavy atom. The molecule has 0 unspecified atom stereocenters. The van der Waals surface area contributed by atoms with Crippen LogP contribution in [0.4, 0.5) is 0 Å². The summed E-state index contributed by atoms with van der Waals surface area (Å²) in [6.45, 7) is 6.08. The number of hydrogen-bond donors (Lipinski definition) is 1. The first kappa shape index (κ1) is 16.0. The minimum atomic E-state index is -0.0611. The van der Waals surface area contributed by atoms with Gasteiger partial charge in [-0.05, 0) is 37.1 Å². The maximum atomic E-state index is 12.1. The maximum Gasteiger partial charge on any atom is 0.251 e.